The van der Waals surface area contributed by atoms with Crippen molar-refractivity contribution < 1.29 is 13.6 Å². The van der Waals surface area contributed by atoms with E-state index in [1.165, 1.54) is 18.9 Å². The van der Waals surface area contributed by atoms with Gasteiger partial charge in [-0.15, -0.1) is 0 Å². The van der Waals surface area contributed by atoms with Gasteiger partial charge in [-0.2, -0.15) is 0 Å². The number of rotatable bonds is 7. The SMILES string of the molecule is CCCC[C@H](CO[Si](C)(C)C(C)(C)C)[C@H]1CCc2cc(F)ccc2O1. The Hall–Kier alpha value is -0.873. The van der Waals surface area contributed by atoms with Gasteiger partial charge in [0, 0.05) is 12.5 Å². The standard InChI is InChI=1S/C21H35FO2Si/c1-7-8-9-17(15-23-25(5,6)21(2,3)4)20-12-10-16-14-18(22)11-13-19(16)24-20/h11,13-14,17,20H,7-10,12,15H2,1-6H3/t17-,20-/m1/s1. The fourth-order valence-corrected chi connectivity index (χ4v) is 4.15. The molecule has 1 aliphatic heterocycles. The Balaban J connectivity index is 2.06. The van der Waals surface area contributed by atoms with E-state index in [1.54, 1.807) is 12.1 Å². The van der Waals surface area contributed by atoms with Crippen LogP contribution in [0.25, 0.3) is 0 Å². The minimum atomic E-state index is -1.75. The summed E-state index contributed by atoms with van der Waals surface area (Å²) in [5.41, 5.74) is 0.996. The Morgan fingerprint density at radius 1 is 1.32 bits per heavy atom. The molecule has 0 saturated heterocycles. The van der Waals surface area contributed by atoms with Gasteiger partial charge >= 0.3 is 0 Å². The molecule has 142 valence electrons. The molecule has 2 atom stereocenters. The van der Waals surface area contributed by atoms with E-state index in [4.69, 9.17) is 9.16 Å². The molecule has 1 aliphatic rings. The molecule has 0 spiro atoms. The van der Waals surface area contributed by atoms with E-state index in [1.807, 2.05) is 0 Å². The minimum absolute atomic E-state index is 0.175. The van der Waals surface area contributed by atoms with Gasteiger partial charge in [-0.25, -0.2) is 4.39 Å². The van der Waals surface area contributed by atoms with E-state index >= 15 is 0 Å². The molecule has 0 radical (unpaired) electrons. The van der Waals surface area contributed by atoms with Crippen molar-refractivity contribution in [2.75, 3.05) is 6.61 Å². The van der Waals surface area contributed by atoms with Crippen LogP contribution < -0.4 is 4.74 Å². The molecule has 0 amide bonds. The topological polar surface area (TPSA) is 18.5 Å². The fraction of sp³-hybridized carbons (Fsp3) is 0.714. The molecule has 0 saturated carbocycles. The Bertz CT molecular complexity index is 566. The third-order valence-electron chi connectivity index (χ3n) is 5.92. The number of fused-ring (bicyclic) bond motifs is 1. The molecule has 25 heavy (non-hydrogen) atoms. The number of ether oxygens (including phenoxy) is 1. The molecule has 0 unspecified atom stereocenters. The summed E-state index contributed by atoms with van der Waals surface area (Å²) in [7, 11) is -1.75. The van der Waals surface area contributed by atoms with E-state index < -0.39 is 8.32 Å². The van der Waals surface area contributed by atoms with Crippen LogP contribution in [0.5, 0.6) is 5.75 Å². The van der Waals surface area contributed by atoms with Crippen molar-refractivity contribution >= 4 is 8.32 Å². The van der Waals surface area contributed by atoms with Crippen LogP contribution in [0.4, 0.5) is 4.39 Å². The number of hydrogen-bond acceptors (Lipinski definition) is 2. The molecule has 1 aromatic rings. The summed E-state index contributed by atoms with van der Waals surface area (Å²) in [6, 6.07) is 4.88. The third kappa shape index (κ3) is 5.30. The van der Waals surface area contributed by atoms with Crippen molar-refractivity contribution in [3.8, 4) is 5.75 Å². The molecule has 1 aromatic carbocycles. The molecule has 2 nitrogen and oxygen atoms in total. The lowest BCUT2D eigenvalue weighted by Gasteiger charge is -2.39. The molecule has 2 rings (SSSR count). The van der Waals surface area contributed by atoms with Crippen molar-refractivity contribution in [1.29, 1.82) is 0 Å². The lowest BCUT2D eigenvalue weighted by atomic mass is 9.90. The van der Waals surface area contributed by atoms with Gasteiger partial charge in [0.25, 0.3) is 0 Å². The highest BCUT2D eigenvalue weighted by molar-refractivity contribution is 6.74. The van der Waals surface area contributed by atoms with Gasteiger partial charge in [-0.3, -0.25) is 0 Å². The highest BCUT2D eigenvalue weighted by Gasteiger charge is 2.38. The smallest absolute Gasteiger partial charge is 0.191 e. The van der Waals surface area contributed by atoms with E-state index in [-0.39, 0.29) is 17.0 Å². The van der Waals surface area contributed by atoms with E-state index in [9.17, 15) is 4.39 Å². The lowest BCUT2D eigenvalue weighted by molar-refractivity contribution is 0.0674. The second kappa shape index (κ2) is 8.21. The van der Waals surface area contributed by atoms with Crippen molar-refractivity contribution in [3.63, 3.8) is 0 Å². The summed E-state index contributed by atoms with van der Waals surface area (Å²) in [6.45, 7) is 14.5. The zero-order valence-electron chi connectivity index (χ0n) is 16.8. The van der Waals surface area contributed by atoms with Crippen LogP contribution in [0.15, 0.2) is 18.2 Å². The van der Waals surface area contributed by atoms with E-state index in [0.29, 0.717) is 5.92 Å². The average Bonchev–Trinajstić information content (AvgIpc) is 2.53. The van der Waals surface area contributed by atoms with Gasteiger partial charge in [0.2, 0.25) is 0 Å². The van der Waals surface area contributed by atoms with E-state index in [0.717, 1.165) is 37.2 Å². The Morgan fingerprint density at radius 2 is 2.04 bits per heavy atom. The van der Waals surface area contributed by atoms with Crippen LogP contribution in [-0.4, -0.2) is 21.0 Å². The third-order valence-corrected chi connectivity index (χ3v) is 10.4. The van der Waals surface area contributed by atoms with Gasteiger partial charge in [0.05, 0.1) is 0 Å². The molecule has 0 fully saturated rings. The maximum atomic E-state index is 13.4. The molecule has 0 aliphatic carbocycles. The zero-order chi connectivity index (χ0) is 18.7. The van der Waals surface area contributed by atoms with Crippen LogP contribution in [0.1, 0.15) is 58.9 Å². The Morgan fingerprint density at radius 3 is 2.68 bits per heavy atom. The largest absolute Gasteiger partial charge is 0.490 e. The summed E-state index contributed by atoms with van der Waals surface area (Å²) in [5, 5.41) is 0.222. The number of benzene rings is 1. The van der Waals surface area contributed by atoms with Crippen molar-refractivity contribution in [2.24, 2.45) is 5.92 Å². The second-order valence-electron chi connectivity index (χ2n) is 8.92. The average molecular weight is 367 g/mol. The molecule has 0 aromatic heterocycles. The predicted molar refractivity (Wildman–Crippen MR) is 105 cm³/mol. The maximum absolute atomic E-state index is 13.4. The van der Waals surface area contributed by atoms with Crippen LogP contribution in [-0.2, 0) is 10.8 Å². The van der Waals surface area contributed by atoms with Gasteiger partial charge in [0.15, 0.2) is 8.32 Å². The number of aryl methyl sites for hydroxylation is 1. The highest BCUT2D eigenvalue weighted by Crippen LogP contribution is 2.38. The first kappa shape index (κ1) is 20.4. The molecular formula is C21H35FO2Si. The van der Waals surface area contributed by atoms with Crippen molar-refractivity contribution in [3.05, 3.63) is 29.6 Å². The first-order valence-corrected chi connectivity index (χ1v) is 12.6. The van der Waals surface area contributed by atoms with Crippen LogP contribution in [0.2, 0.25) is 18.1 Å². The zero-order valence-corrected chi connectivity index (χ0v) is 17.8. The second-order valence-corrected chi connectivity index (χ2v) is 13.7. The quantitative estimate of drug-likeness (QED) is 0.524. The van der Waals surface area contributed by atoms with Gasteiger partial charge in [0.1, 0.15) is 17.7 Å². The molecule has 0 N–H and O–H groups in total. The number of hydrogen-bond donors (Lipinski definition) is 0. The minimum Gasteiger partial charge on any atom is -0.490 e. The Labute approximate surface area is 154 Å². The maximum Gasteiger partial charge on any atom is 0.191 e. The van der Waals surface area contributed by atoms with Crippen LogP contribution >= 0.6 is 0 Å². The lowest BCUT2D eigenvalue weighted by Crippen LogP contribution is -2.44. The molecular weight excluding hydrogens is 331 g/mol. The van der Waals surface area contributed by atoms with Gasteiger partial charge in [-0.1, -0.05) is 40.5 Å². The highest BCUT2D eigenvalue weighted by atomic mass is 28.4. The first-order chi connectivity index (χ1) is 11.6. The summed E-state index contributed by atoms with van der Waals surface area (Å²) in [6.07, 6.45) is 5.53. The predicted octanol–water partition coefficient (Wildman–Crippen LogP) is 6.35. The van der Waals surface area contributed by atoms with Crippen LogP contribution in [0.3, 0.4) is 0 Å². The normalized spacial score (nSPS) is 19.2. The molecule has 0 bridgehead atoms. The summed E-state index contributed by atoms with van der Waals surface area (Å²) in [5.74, 6) is 1.09. The van der Waals surface area contributed by atoms with Gasteiger partial charge < -0.3 is 9.16 Å². The van der Waals surface area contributed by atoms with Gasteiger partial charge in [-0.05, 0) is 61.2 Å². The summed E-state index contributed by atoms with van der Waals surface area (Å²) in [4.78, 5) is 0. The Kier molecular flexibility index (Phi) is 6.72. The number of halogens is 1. The fourth-order valence-electron chi connectivity index (χ4n) is 3.08. The van der Waals surface area contributed by atoms with Crippen molar-refractivity contribution in [1.82, 2.24) is 0 Å². The van der Waals surface area contributed by atoms with Crippen molar-refractivity contribution in [2.45, 2.75) is 84.0 Å². The first-order valence-electron chi connectivity index (χ1n) is 9.73. The number of unbranched alkanes of at least 4 members (excludes halogenated alkanes) is 1. The molecule has 4 heteroatoms. The summed E-state index contributed by atoms with van der Waals surface area (Å²) < 4.78 is 26.2. The molecule has 1 heterocycles. The van der Waals surface area contributed by atoms with Crippen LogP contribution in [0, 0.1) is 11.7 Å². The monoisotopic (exact) mass is 366 g/mol. The van der Waals surface area contributed by atoms with E-state index in [2.05, 4.69) is 40.8 Å². The summed E-state index contributed by atoms with van der Waals surface area (Å²) >= 11 is 0.